The van der Waals surface area contributed by atoms with Crippen LogP contribution in [0.1, 0.15) is 12.8 Å². The van der Waals surface area contributed by atoms with Gasteiger partial charge in [-0.3, -0.25) is 9.59 Å². The van der Waals surface area contributed by atoms with Gasteiger partial charge in [0.05, 0.1) is 32.7 Å². The van der Waals surface area contributed by atoms with Crippen molar-refractivity contribution in [2.75, 3.05) is 20.8 Å². The van der Waals surface area contributed by atoms with Crippen molar-refractivity contribution in [3.05, 3.63) is 0 Å². The summed E-state index contributed by atoms with van der Waals surface area (Å²) in [6.07, 6.45) is 0.617. The van der Waals surface area contributed by atoms with E-state index in [-0.39, 0.29) is 12.5 Å². The van der Waals surface area contributed by atoms with Crippen molar-refractivity contribution in [2.24, 2.45) is 5.92 Å². The third-order valence-corrected chi connectivity index (χ3v) is 2.30. The van der Waals surface area contributed by atoms with Crippen molar-refractivity contribution in [3.63, 3.8) is 0 Å². The van der Waals surface area contributed by atoms with Crippen LogP contribution in [0, 0.1) is 5.92 Å². The molecule has 2 unspecified atom stereocenters. The average molecular weight is 202 g/mol. The molecule has 0 spiro atoms. The Hall–Kier alpha value is -1.10. The summed E-state index contributed by atoms with van der Waals surface area (Å²) in [7, 11) is 2.59. The molecule has 1 aliphatic heterocycles. The first kappa shape index (κ1) is 11.0. The lowest BCUT2D eigenvalue weighted by atomic mass is 9.93. The standard InChI is InChI=1S/C9H14O5/c1-12-8(10)5-6(9(11)13-2)7-3-4-14-7/h6-7H,3-5H2,1-2H3. The second-order valence-electron chi connectivity index (χ2n) is 3.11. The highest BCUT2D eigenvalue weighted by molar-refractivity contribution is 5.80. The molecule has 2 atom stereocenters. The van der Waals surface area contributed by atoms with Crippen molar-refractivity contribution in [1.29, 1.82) is 0 Å². The summed E-state index contributed by atoms with van der Waals surface area (Å²) in [5.41, 5.74) is 0. The topological polar surface area (TPSA) is 61.8 Å². The summed E-state index contributed by atoms with van der Waals surface area (Å²) in [5, 5.41) is 0. The maximum atomic E-state index is 11.3. The summed E-state index contributed by atoms with van der Waals surface area (Å²) in [5.74, 6) is -1.36. The molecule has 0 aromatic rings. The maximum Gasteiger partial charge on any atom is 0.311 e. The van der Waals surface area contributed by atoms with Gasteiger partial charge in [-0.2, -0.15) is 0 Å². The molecule has 0 saturated carbocycles. The first-order valence-electron chi connectivity index (χ1n) is 4.45. The largest absolute Gasteiger partial charge is 0.469 e. The van der Waals surface area contributed by atoms with Gasteiger partial charge in [-0.25, -0.2) is 0 Å². The van der Waals surface area contributed by atoms with Crippen molar-refractivity contribution in [2.45, 2.75) is 18.9 Å². The predicted molar refractivity (Wildman–Crippen MR) is 46.5 cm³/mol. The molecular formula is C9H14O5. The number of rotatable bonds is 4. The van der Waals surface area contributed by atoms with Gasteiger partial charge in [-0.15, -0.1) is 0 Å². The molecule has 1 aliphatic rings. The molecule has 0 radical (unpaired) electrons. The molecule has 5 heteroatoms. The van der Waals surface area contributed by atoms with Crippen molar-refractivity contribution in [3.8, 4) is 0 Å². The van der Waals surface area contributed by atoms with Crippen molar-refractivity contribution < 1.29 is 23.8 Å². The second-order valence-corrected chi connectivity index (χ2v) is 3.11. The minimum atomic E-state index is -0.527. The summed E-state index contributed by atoms with van der Waals surface area (Å²) < 4.78 is 14.2. The number of hydrogen-bond acceptors (Lipinski definition) is 5. The molecule has 0 amide bonds. The van der Waals surface area contributed by atoms with Crippen molar-refractivity contribution >= 4 is 11.9 Å². The summed E-state index contributed by atoms with van der Waals surface area (Å²) in [4.78, 5) is 22.3. The molecule has 0 aliphatic carbocycles. The van der Waals surface area contributed by atoms with Crippen LogP contribution in [-0.2, 0) is 23.8 Å². The number of hydrogen-bond donors (Lipinski definition) is 0. The summed E-state index contributed by atoms with van der Waals surface area (Å²) in [6.45, 7) is 0.638. The average Bonchev–Trinajstić information content (AvgIpc) is 2.12. The van der Waals surface area contributed by atoms with E-state index in [4.69, 9.17) is 4.74 Å². The zero-order valence-corrected chi connectivity index (χ0v) is 8.32. The molecule has 5 nitrogen and oxygen atoms in total. The van der Waals surface area contributed by atoms with Gasteiger partial charge in [0.15, 0.2) is 0 Å². The lowest BCUT2D eigenvalue weighted by Crippen LogP contribution is -2.40. The first-order chi connectivity index (χ1) is 6.69. The number of carbonyl (C=O) groups excluding carboxylic acids is 2. The van der Waals surface area contributed by atoms with E-state index < -0.39 is 17.9 Å². The van der Waals surface area contributed by atoms with Gasteiger partial charge in [-0.1, -0.05) is 0 Å². The Morgan fingerprint density at radius 2 is 2.07 bits per heavy atom. The third-order valence-electron chi connectivity index (χ3n) is 2.30. The molecule has 0 N–H and O–H groups in total. The van der Waals surface area contributed by atoms with E-state index in [0.29, 0.717) is 6.61 Å². The minimum absolute atomic E-state index is 0.0217. The fourth-order valence-electron chi connectivity index (χ4n) is 1.35. The zero-order valence-electron chi connectivity index (χ0n) is 8.32. The minimum Gasteiger partial charge on any atom is -0.469 e. The van der Waals surface area contributed by atoms with Crippen LogP contribution in [0.25, 0.3) is 0 Å². The number of methoxy groups -OCH3 is 2. The molecule has 1 fully saturated rings. The molecule has 0 bridgehead atoms. The molecular weight excluding hydrogens is 188 g/mol. The Bertz CT molecular complexity index is 221. The zero-order chi connectivity index (χ0) is 10.6. The third kappa shape index (κ3) is 2.45. The Morgan fingerprint density at radius 1 is 1.43 bits per heavy atom. The van der Waals surface area contributed by atoms with Crippen LogP contribution >= 0.6 is 0 Å². The van der Waals surface area contributed by atoms with Crippen LogP contribution in [0.5, 0.6) is 0 Å². The number of esters is 2. The molecule has 1 rings (SSSR count). The Balaban J connectivity index is 2.51. The highest BCUT2D eigenvalue weighted by Crippen LogP contribution is 2.24. The van der Waals surface area contributed by atoms with Crippen LogP contribution < -0.4 is 0 Å². The van der Waals surface area contributed by atoms with Crippen LogP contribution in [0.3, 0.4) is 0 Å². The SMILES string of the molecule is COC(=O)CC(C(=O)OC)C1CCO1. The van der Waals surface area contributed by atoms with Gasteiger partial charge < -0.3 is 14.2 Å². The molecule has 80 valence electrons. The van der Waals surface area contributed by atoms with Crippen LogP contribution in [0.4, 0.5) is 0 Å². The Labute approximate surface area is 82.3 Å². The van der Waals surface area contributed by atoms with E-state index >= 15 is 0 Å². The van der Waals surface area contributed by atoms with E-state index in [1.165, 1.54) is 14.2 Å². The van der Waals surface area contributed by atoms with Crippen molar-refractivity contribution in [1.82, 2.24) is 0 Å². The smallest absolute Gasteiger partial charge is 0.311 e. The molecule has 1 heterocycles. The lowest BCUT2D eigenvalue weighted by Gasteiger charge is -2.31. The van der Waals surface area contributed by atoms with Crippen LogP contribution in [0.15, 0.2) is 0 Å². The van der Waals surface area contributed by atoms with Gasteiger partial charge >= 0.3 is 11.9 Å². The molecule has 0 aromatic heterocycles. The summed E-state index contributed by atoms with van der Waals surface area (Å²) in [6, 6.07) is 0. The van der Waals surface area contributed by atoms with E-state index in [9.17, 15) is 9.59 Å². The first-order valence-corrected chi connectivity index (χ1v) is 4.45. The molecule has 1 saturated heterocycles. The van der Waals surface area contributed by atoms with E-state index in [1.54, 1.807) is 0 Å². The van der Waals surface area contributed by atoms with Gasteiger partial charge in [0.2, 0.25) is 0 Å². The monoisotopic (exact) mass is 202 g/mol. The fraction of sp³-hybridized carbons (Fsp3) is 0.778. The number of carbonyl (C=O) groups is 2. The fourth-order valence-corrected chi connectivity index (χ4v) is 1.35. The highest BCUT2D eigenvalue weighted by atomic mass is 16.5. The lowest BCUT2D eigenvalue weighted by molar-refractivity contribution is -0.166. The van der Waals surface area contributed by atoms with Crippen LogP contribution in [0.2, 0.25) is 0 Å². The van der Waals surface area contributed by atoms with Crippen LogP contribution in [-0.4, -0.2) is 38.9 Å². The molecule has 14 heavy (non-hydrogen) atoms. The van der Waals surface area contributed by atoms with Gasteiger partial charge in [0.1, 0.15) is 0 Å². The number of ether oxygens (including phenoxy) is 3. The normalized spacial score (nSPS) is 22.0. The highest BCUT2D eigenvalue weighted by Gasteiger charge is 2.36. The Kier molecular flexibility index (Phi) is 3.88. The van der Waals surface area contributed by atoms with Gasteiger partial charge in [-0.05, 0) is 6.42 Å². The predicted octanol–water partition coefficient (Wildman–Crippen LogP) is 0.128. The van der Waals surface area contributed by atoms with Gasteiger partial charge in [0.25, 0.3) is 0 Å². The van der Waals surface area contributed by atoms with E-state index in [2.05, 4.69) is 9.47 Å². The van der Waals surface area contributed by atoms with Gasteiger partial charge in [0, 0.05) is 6.61 Å². The quantitative estimate of drug-likeness (QED) is 0.606. The summed E-state index contributed by atoms with van der Waals surface area (Å²) >= 11 is 0. The van der Waals surface area contributed by atoms with E-state index in [1.807, 2.05) is 0 Å². The Morgan fingerprint density at radius 3 is 2.43 bits per heavy atom. The molecule has 0 aromatic carbocycles. The second kappa shape index (κ2) is 4.95. The maximum absolute atomic E-state index is 11.3. The van der Waals surface area contributed by atoms with E-state index in [0.717, 1.165) is 6.42 Å².